The van der Waals surface area contributed by atoms with Gasteiger partial charge in [-0.3, -0.25) is 0 Å². The molecule has 0 bridgehead atoms. The number of ether oxygens (including phenoxy) is 1. The molecule has 0 aromatic heterocycles. The Balaban J connectivity index is 2.00. The summed E-state index contributed by atoms with van der Waals surface area (Å²) in [5.74, 6) is 2.98. The van der Waals surface area contributed by atoms with Crippen molar-refractivity contribution in [3.63, 3.8) is 0 Å². The third-order valence-corrected chi connectivity index (χ3v) is 9.79. The zero-order chi connectivity index (χ0) is 21.0. The molecule has 4 rings (SSSR count). The minimum absolute atomic E-state index is 0.0625. The molecule has 30 heavy (non-hydrogen) atoms. The summed E-state index contributed by atoms with van der Waals surface area (Å²) >= 11 is 0. The first-order chi connectivity index (χ1) is 14.6. The van der Waals surface area contributed by atoms with Gasteiger partial charge in [-0.05, 0) is 15.6 Å². The molecule has 0 unspecified atom stereocenters. The van der Waals surface area contributed by atoms with E-state index in [0.29, 0.717) is 0 Å². The van der Waals surface area contributed by atoms with Crippen LogP contribution in [0.25, 0.3) is 0 Å². The number of benzene rings is 3. The van der Waals surface area contributed by atoms with Gasteiger partial charge in [-0.2, -0.15) is 0 Å². The lowest BCUT2D eigenvalue weighted by molar-refractivity contribution is -0.0515. The van der Waals surface area contributed by atoms with Crippen LogP contribution in [0.5, 0.6) is 0 Å². The topological polar surface area (TPSA) is 69.9 Å². The normalized spacial score (nSPS) is 23.6. The monoisotopic (exact) mass is 416 g/mol. The molecule has 0 amide bonds. The Bertz CT molecular complexity index is 934. The second kappa shape index (κ2) is 8.56. The fraction of sp³-hybridized carbons (Fsp3) is 0.200. The molecular formula is C25H24O4Si. The predicted molar refractivity (Wildman–Crippen MR) is 120 cm³/mol. The summed E-state index contributed by atoms with van der Waals surface area (Å²) in [5, 5.41) is 34.4. The molecular weight excluding hydrogens is 392 g/mol. The average molecular weight is 417 g/mol. The number of hydrogen-bond acceptors (Lipinski definition) is 4. The number of aliphatic hydroxyl groups excluding tert-OH is 2. The lowest BCUT2D eigenvalue weighted by Gasteiger charge is -2.30. The minimum Gasteiger partial charge on any atom is -0.394 e. The Hall–Kier alpha value is -2.72. The van der Waals surface area contributed by atoms with Crippen LogP contribution in [0.2, 0.25) is 0 Å². The fourth-order valence-corrected chi connectivity index (χ4v) is 7.90. The van der Waals surface area contributed by atoms with Crippen LogP contribution in [0.1, 0.15) is 0 Å². The molecule has 0 radical (unpaired) electrons. The summed E-state index contributed by atoms with van der Waals surface area (Å²) in [4.78, 5) is 0. The van der Waals surface area contributed by atoms with E-state index in [4.69, 9.17) is 4.74 Å². The van der Waals surface area contributed by atoms with Crippen molar-refractivity contribution in [2.24, 2.45) is 0 Å². The highest BCUT2D eigenvalue weighted by Gasteiger charge is 2.49. The first kappa shape index (κ1) is 20.5. The van der Waals surface area contributed by atoms with Crippen molar-refractivity contribution in [2.75, 3.05) is 13.2 Å². The van der Waals surface area contributed by atoms with E-state index in [0.717, 1.165) is 15.6 Å². The van der Waals surface area contributed by atoms with Gasteiger partial charge in [0.2, 0.25) is 8.07 Å². The van der Waals surface area contributed by atoms with E-state index in [-0.39, 0.29) is 6.61 Å². The summed E-state index contributed by atoms with van der Waals surface area (Å²) in [6.07, 6.45) is -2.13. The van der Waals surface area contributed by atoms with E-state index < -0.39 is 32.5 Å². The Morgan fingerprint density at radius 2 is 1.27 bits per heavy atom. The van der Waals surface area contributed by atoms with Crippen LogP contribution in [0.4, 0.5) is 0 Å². The molecule has 4 nitrogen and oxygen atoms in total. The molecule has 0 saturated carbocycles. The van der Waals surface area contributed by atoms with Gasteiger partial charge in [0.1, 0.15) is 12.2 Å². The molecule has 3 N–H and O–H groups in total. The number of rotatable bonds is 4. The summed E-state index contributed by atoms with van der Waals surface area (Å²) < 4.78 is 5.38. The van der Waals surface area contributed by atoms with Gasteiger partial charge < -0.3 is 20.1 Å². The van der Waals surface area contributed by atoms with Gasteiger partial charge in [-0.1, -0.05) is 96.9 Å². The summed E-state index contributed by atoms with van der Waals surface area (Å²) in [6.45, 7) is -0.480. The lowest BCUT2D eigenvalue weighted by Crippen LogP contribution is -2.67. The SMILES string of the molecule is OC[C@H]1OC[C@H](O)[C@@]1(O)C#C[Si](c1ccccc1)(c1ccccc1)c1ccccc1. The fourth-order valence-electron chi connectivity index (χ4n) is 4.01. The number of aliphatic hydroxyl groups is 3. The standard InChI is InChI=1S/C25H24O4Si/c26-18-24-25(28,23(27)19-29-24)16-17-30(20-10-4-1-5-11-20,21-12-6-2-7-13-21)22-14-8-3-9-15-22/h1-15,23-24,26-28H,18-19H2/t23-,24+,25-/m0/s1. The van der Waals surface area contributed by atoms with Crippen LogP contribution >= 0.6 is 0 Å². The third-order valence-electron chi connectivity index (χ3n) is 5.69. The second-order valence-electron chi connectivity index (χ2n) is 7.44. The lowest BCUT2D eigenvalue weighted by atomic mass is 9.95. The maximum absolute atomic E-state index is 11.1. The van der Waals surface area contributed by atoms with E-state index in [1.54, 1.807) is 0 Å². The predicted octanol–water partition coefficient (Wildman–Crippen LogP) is 0.183. The van der Waals surface area contributed by atoms with Crippen molar-refractivity contribution < 1.29 is 20.1 Å². The minimum atomic E-state index is -2.88. The largest absolute Gasteiger partial charge is 0.394 e. The van der Waals surface area contributed by atoms with Crippen molar-refractivity contribution in [2.45, 2.75) is 17.8 Å². The molecule has 0 spiro atoms. The first-order valence-corrected chi connectivity index (χ1v) is 11.9. The van der Waals surface area contributed by atoms with Crippen molar-refractivity contribution >= 4 is 23.6 Å². The van der Waals surface area contributed by atoms with E-state index in [2.05, 4.69) is 47.9 Å². The van der Waals surface area contributed by atoms with Gasteiger partial charge >= 0.3 is 0 Å². The molecule has 3 aromatic rings. The molecule has 5 heteroatoms. The summed E-state index contributed by atoms with van der Waals surface area (Å²) in [5.41, 5.74) is 1.62. The van der Waals surface area contributed by atoms with Crippen LogP contribution in [0.3, 0.4) is 0 Å². The molecule has 0 aliphatic carbocycles. The number of hydrogen-bond donors (Lipinski definition) is 3. The van der Waals surface area contributed by atoms with Crippen molar-refractivity contribution in [1.82, 2.24) is 0 Å². The van der Waals surface area contributed by atoms with Crippen LogP contribution in [-0.4, -0.2) is 54.4 Å². The average Bonchev–Trinajstić information content (AvgIpc) is 3.10. The quantitative estimate of drug-likeness (QED) is 0.323. The van der Waals surface area contributed by atoms with E-state index >= 15 is 0 Å². The molecule has 3 atom stereocenters. The third kappa shape index (κ3) is 3.50. The van der Waals surface area contributed by atoms with E-state index in [1.807, 2.05) is 54.6 Å². The molecule has 3 aromatic carbocycles. The van der Waals surface area contributed by atoms with Crippen LogP contribution in [0.15, 0.2) is 91.0 Å². The highest BCUT2D eigenvalue weighted by atomic mass is 28.3. The highest BCUT2D eigenvalue weighted by Crippen LogP contribution is 2.26. The van der Waals surface area contributed by atoms with Crippen LogP contribution < -0.4 is 15.6 Å². The van der Waals surface area contributed by atoms with E-state index in [9.17, 15) is 15.3 Å². The summed E-state index contributed by atoms with van der Waals surface area (Å²) in [7, 11) is -2.88. The smallest absolute Gasteiger partial charge is 0.229 e. The molecule has 1 aliphatic heterocycles. The molecule has 152 valence electrons. The maximum atomic E-state index is 11.1. The summed E-state index contributed by atoms with van der Waals surface area (Å²) in [6, 6.07) is 30.2. The van der Waals surface area contributed by atoms with Crippen molar-refractivity contribution in [1.29, 1.82) is 0 Å². The van der Waals surface area contributed by atoms with Gasteiger partial charge in [-0.15, -0.1) is 5.54 Å². The van der Waals surface area contributed by atoms with Crippen molar-refractivity contribution in [3.8, 4) is 11.5 Å². The Labute approximate surface area is 177 Å². The highest BCUT2D eigenvalue weighted by molar-refractivity contribution is 7.16. The van der Waals surface area contributed by atoms with E-state index in [1.165, 1.54) is 0 Å². The molecule has 1 saturated heterocycles. The molecule has 1 fully saturated rings. The van der Waals surface area contributed by atoms with Gasteiger partial charge in [-0.25, -0.2) is 0 Å². The zero-order valence-corrected chi connectivity index (χ0v) is 17.5. The first-order valence-electron chi connectivity index (χ1n) is 9.95. The van der Waals surface area contributed by atoms with Gasteiger partial charge in [0.05, 0.1) is 13.2 Å². The zero-order valence-electron chi connectivity index (χ0n) is 16.5. The van der Waals surface area contributed by atoms with Crippen LogP contribution in [-0.2, 0) is 4.74 Å². The Morgan fingerprint density at radius 3 is 1.67 bits per heavy atom. The van der Waals surface area contributed by atoms with Crippen LogP contribution in [0, 0.1) is 11.5 Å². The van der Waals surface area contributed by atoms with Gasteiger partial charge in [0, 0.05) is 0 Å². The molecule has 1 aliphatic rings. The van der Waals surface area contributed by atoms with Crippen molar-refractivity contribution in [3.05, 3.63) is 91.0 Å². The Kier molecular flexibility index (Phi) is 5.86. The maximum Gasteiger partial charge on any atom is 0.229 e. The second-order valence-corrected chi connectivity index (χ2v) is 10.9. The van der Waals surface area contributed by atoms with Gasteiger partial charge in [0.15, 0.2) is 5.60 Å². The Morgan fingerprint density at radius 1 is 0.833 bits per heavy atom. The van der Waals surface area contributed by atoms with Gasteiger partial charge in [0.25, 0.3) is 0 Å². The molecule has 1 heterocycles.